The van der Waals surface area contributed by atoms with E-state index in [2.05, 4.69) is 10.2 Å². The normalized spacial score (nSPS) is 12.3. The van der Waals surface area contributed by atoms with E-state index in [4.69, 9.17) is 28.9 Å². The summed E-state index contributed by atoms with van der Waals surface area (Å²) in [4.78, 5) is 0. The molecule has 0 aromatic heterocycles. The van der Waals surface area contributed by atoms with E-state index < -0.39 is 0 Å². The van der Waals surface area contributed by atoms with E-state index >= 15 is 0 Å². The average molecular weight is 262 g/mol. The topological polar surface area (TPSA) is 50.7 Å². The highest BCUT2D eigenvalue weighted by molar-refractivity contribution is 8.13. The summed E-state index contributed by atoms with van der Waals surface area (Å²) in [5, 5.41) is 9.05. The second-order valence-corrected chi connectivity index (χ2v) is 4.22. The number of nitrogens with two attached hydrogens (primary N) is 1. The van der Waals surface area contributed by atoms with E-state index in [0.717, 1.165) is 5.56 Å². The molecule has 0 bridgehead atoms. The van der Waals surface area contributed by atoms with Crippen molar-refractivity contribution in [3.05, 3.63) is 33.8 Å². The van der Waals surface area contributed by atoms with Gasteiger partial charge in [-0.3, -0.25) is 0 Å². The zero-order valence-electron chi connectivity index (χ0n) is 7.95. The van der Waals surface area contributed by atoms with Crippen LogP contribution < -0.4 is 5.73 Å². The molecule has 0 unspecified atom stereocenters. The van der Waals surface area contributed by atoms with Crippen molar-refractivity contribution in [2.75, 3.05) is 6.26 Å². The van der Waals surface area contributed by atoms with Gasteiger partial charge in [0.1, 0.15) is 0 Å². The van der Waals surface area contributed by atoms with Crippen molar-refractivity contribution in [1.82, 2.24) is 0 Å². The largest absolute Gasteiger partial charge is 0.377 e. The van der Waals surface area contributed by atoms with Gasteiger partial charge in [0.15, 0.2) is 5.17 Å². The third-order valence-electron chi connectivity index (χ3n) is 1.52. The molecule has 1 aromatic carbocycles. The van der Waals surface area contributed by atoms with E-state index in [1.165, 1.54) is 18.0 Å². The maximum Gasteiger partial charge on any atom is 0.180 e. The van der Waals surface area contributed by atoms with Crippen LogP contribution in [0.5, 0.6) is 0 Å². The minimum atomic E-state index is 0.399. The van der Waals surface area contributed by atoms with Crippen molar-refractivity contribution >= 4 is 46.3 Å². The van der Waals surface area contributed by atoms with Gasteiger partial charge in [0.2, 0.25) is 0 Å². The van der Waals surface area contributed by atoms with Gasteiger partial charge in [0, 0.05) is 10.6 Å². The number of nitrogens with zero attached hydrogens (tertiary/aromatic N) is 2. The van der Waals surface area contributed by atoms with Gasteiger partial charge in [0.25, 0.3) is 0 Å². The molecule has 0 heterocycles. The summed E-state index contributed by atoms with van der Waals surface area (Å²) in [5.41, 5.74) is 6.19. The molecule has 0 atom stereocenters. The van der Waals surface area contributed by atoms with Crippen LogP contribution in [-0.4, -0.2) is 17.6 Å². The van der Waals surface area contributed by atoms with Gasteiger partial charge < -0.3 is 5.73 Å². The summed E-state index contributed by atoms with van der Waals surface area (Å²) >= 11 is 13.0. The highest BCUT2D eigenvalue weighted by atomic mass is 35.5. The van der Waals surface area contributed by atoms with E-state index in [-0.39, 0.29) is 0 Å². The van der Waals surface area contributed by atoms with Crippen molar-refractivity contribution in [3.8, 4) is 0 Å². The predicted molar refractivity (Wildman–Crippen MR) is 69.2 cm³/mol. The first-order valence-electron chi connectivity index (χ1n) is 3.99. The van der Waals surface area contributed by atoms with E-state index in [1.807, 2.05) is 6.26 Å². The molecule has 3 nitrogen and oxygen atoms in total. The first-order valence-corrected chi connectivity index (χ1v) is 5.97. The number of benzene rings is 1. The molecule has 0 aliphatic rings. The number of amidine groups is 1. The molecule has 0 amide bonds. The molecule has 6 heteroatoms. The van der Waals surface area contributed by atoms with E-state index in [9.17, 15) is 0 Å². The Morgan fingerprint density at radius 3 is 2.80 bits per heavy atom. The van der Waals surface area contributed by atoms with Crippen molar-refractivity contribution < 1.29 is 0 Å². The van der Waals surface area contributed by atoms with Gasteiger partial charge in [-0.15, -0.1) is 5.10 Å². The van der Waals surface area contributed by atoms with E-state index in [1.54, 1.807) is 18.2 Å². The zero-order valence-corrected chi connectivity index (χ0v) is 10.3. The van der Waals surface area contributed by atoms with Crippen LogP contribution >= 0.6 is 35.0 Å². The Balaban J connectivity index is 2.81. The Morgan fingerprint density at radius 2 is 2.20 bits per heavy atom. The molecule has 0 aliphatic heterocycles. The minimum Gasteiger partial charge on any atom is -0.377 e. The second-order valence-electron chi connectivity index (χ2n) is 2.55. The highest BCUT2D eigenvalue weighted by Crippen LogP contribution is 2.19. The molecular formula is C9H9Cl2N3S. The monoisotopic (exact) mass is 261 g/mol. The molecule has 0 fully saturated rings. The van der Waals surface area contributed by atoms with Crippen molar-refractivity contribution in [1.29, 1.82) is 0 Å². The van der Waals surface area contributed by atoms with Crippen LogP contribution in [0.1, 0.15) is 5.56 Å². The Kier molecular flexibility index (Phi) is 4.94. The number of hydrogen-bond acceptors (Lipinski definition) is 3. The maximum atomic E-state index is 5.92. The fraction of sp³-hybridized carbons (Fsp3) is 0.111. The maximum absolute atomic E-state index is 5.92. The molecule has 2 N–H and O–H groups in total. The Morgan fingerprint density at radius 1 is 1.47 bits per heavy atom. The standard InChI is InChI=1S/C9H9Cl2N3S/c1-15-9(12)14-13-5-6-2-3-7(10)4-8(6)11/h2-5H,1H3,(H2,12,14). The van der Waals surface area contributed by atoms with Crippen molar-refractivity contribution in [2.45, 2.75) is 0 Å². The molecule has 1 aromatic rings. The van der Waals surface area contributed by atoms with Gasteiger partial charge >= 0.3 is 0 Å². The number of hydrogen-bond donors (Lipinski definition) is 1. The lowest BCUT2D eigenvalue weighted by atomic mass is 10.2. The molecule has 0 aliphatic carbocycles. The van der Waals surface area contributed by atoms with Crippen molar-refractivity contribution in [3.63, 3.8) is 0 Å². The SMILES string of the molecule is CSC(N)=NN=Cc1ccc(Cl)cc1Cl. The average Bonchev–Trinajstić information content (AvgIpc) is 2.21. The molecule has 1 rings (SSSR count). The molecule has 0 saturated carbocycles. The van der Waals surface area contributed by atoms with Crippen LogP contribution in [-0.2, 0) is 0 Å². The van der Waals surface area contributed by atoms with Crippen LogP contribution in [0.15, 0.2) is 28.4 Å². The minimum absolute atomic E-state index is 0.399. The molecule has 80 valence electrons. The van der Waals surface area contributed by atoms with Crippen LogP contribution in [0.25, 0.3) is 0 Å². The third-order valence-corrected chi connectivity index (χ3v) is 2.59. The Bertz CT molecular complexity index is 404. The molecule has 0 radical (unpaired) electrons. The first-order chi connectivity index (χ1) is 7.13. The summed E-state index contributed by atoms with van der Waals surface area (Å²) in [5.74, 6) is 0. The summed E-state index contributed by atoms with van der Waals surface area (Å²) in [6, 6.07) is 5.14. The Labute approximate surface area is 102 Å². The van der Waals surface area contributed by atoms with Gasteiger partial charge in [-0.1, -0.05) is 41.0 Å². The smallest absolute Gasteiger partial charge is 0.180 e. The summed E-state index contributed by atoms with van der Waals surface area (Å²) < 4.78 is 0. The van der Waals surface area contributed by atoms with Crippen LogP contribution in [0.4, 0.5) is 0 Å². The molecule has 0 saturated heterocycles. The lowest BCUT2D eigenvalue weighted by Crippen LogP contribution is -2.03. The second kappa shape index (κ2) is 6.00. The van der Waals surface area contributed by atoms with Gasteiger partial charge in [0.05, 0.1) is 11.2 Å². The number of halogens is 2. The fourth-order valence-corrected chi connectivity index (χ4v) is 1.38. The Hall–Kier alpha value is -0.710. The van der Waals surface area contributed by atoms with Crippen LogP contribution in [0.3, 0.4) is 0 Å². The van der Waals surface area contributed by atoms with Gasteiger partial charge in [-0.05, 0) is 18.4 Å². The van der Waals surface area contributed by atoms with Crippen LogP contribution in [0.2, 0.25) is 10.0 Å². The number of thioether (sulfide) groups is 1. The van der Waals surface area contributed by atoms with E-state index in [0.29, 0.717) is 15.2 Å². The predicted octanol–water partition coefficient (Wildman–Crippen LogP) is 3.01. The van der Waals surface area contributed by atoms with Crippen LogP contribution in [0, 0.1) is 0 Å². The zero-order chi connectivity index (χ0) is 11.3. The lowest BCUT2D eigenvalue weighted by molar-refractivity contribution is 1.25. The lowest BCUT2D eigenvalue weighted by Gasteiger charge is -1.96. The van der Waals surface area contributed by atoms with Crippen molar-refractivity contribution in [2.24, 2.45) is 15.9 Å². The quantitative estimate of drug-likeness (QED) is 0.506. The number of rotatable bonds is 2. The van der Waals surface area contributed by atoms with Gasteiger partial charge in [-0.2, -0.15) is 5.10 Å². The molecular weight excluding hydrogens is 253 g/mol. The third kappa shape index (κ3) is 4.11. The first kappa shape index (κ1) is 12.4. The summed E-state index contributed by atoms with van der Waals surface area (Å²) in [6.07, 6.45) is 3.35. The highest BCUT2D eigenvalue weighted by Gasteiger charge is 1.97. The van der Waals surface area contributed by atoms with Gasteiger partial charge in [-0.25, -0.2) is 0 Å². The summed E-state index contributed by atoms with van der Waals surface area (Å²) in [7, 11) is 0. The fourth-order valence-electron chi connectivity index (χ4n) is 0.795. The molecule has 15 heavy (non-hydrogen) atoms. The summed E-state index contributed by atoms with van der Waals surface area (Å²) in [6.45, 7) is 0. The molecule has 0 spiro atoms.